The van der Waals surface area contributed by atoms with Gasteiger partial charge in [0.2, 0.25) is 0 Å². The number of aryl methyl sites for hydroxylation is 1. The molecule has 1 aromatic carbocycles. The zero-order chi connectivity index (χ0) is 12.0. The lowest BCUT2D eigenvalue weighted by Gasteiger charge is -2.02. The molecule has 2 heteroatoms. The second-order valence-corrected chi connectivity index (χ2v) is 4.13. The van der Waals surface area contributed by atoms with Crippen molar-refractivity contribution >= 4 is 12.0 Å². The molecule has 16 heavy (non-hydrogen) atoms. The normalized spacial score (nSPS) is 12.9. The molecule has 2 nitrogen and oxygen atoms in total. The van der Waals surface area contributed by atoms with Gasteiger partial charge >= 0.3 is 5.97 Å². The summed E-state index contributed by atoms with van der Waals surface area (Å²) in [6.45, 7) is 3.80. The Labute approximate surface area is 96.6 Å². The Morgan fingerprint density at radius 3 is 2.88 bits per heavy atom. The average Bonchev–Trinajstić information content (AvgIpc) is 2.24. The number of carbonyl (C=O) groups is 1. The predicted molar refractivity (Wildman–Crippen MR) is 66.2 cm³/mol. The second kappa shape index (κ2) is 6.11. The summed E-state index contributed by atoms with van der Waals surface area (Å²) < 4.78 is 0. The van der Waals surface area contributed by atoms with Gasteiger partial charge in [-0.05, 0) is 25.3 Å². The van der Waals surface area contributed by atoms with E-state index in [1.54, 1.807) is 6.92 Å². The third-order valence-corrected chi connectivity index (χ3v) is 2.54. The van der Waals surface area contributed by atoms with Gasteiger partial charge in [0.05, 0.1) is 5.92 Å². The standard InChI is InChI=1S/C14H18O2/c1-11-6-5-9-13(10-11)8-4-3-7-12(2)14(15)16/h4-6,8-10,12H,3,7H2,1-2H3,(H,15,16)/b8-4+. The molecule has 0 bridgehead atoms. The van der Waals surface area contributed by atoms with Crippen LogP contribution in [0.15, 0.2) is 30.3 Å². The molecule has 1 rings (SSSR count). The number of carboxylic acid groups (broad SMARTS) is 1. The van der Waals surface area contributed by atoms with Gasteiger partial charge in [0, 0.05) is 0 Å². The molecule has 1 unspecified atom stereocenters. The Morgan fingerprint density at radius 2 is 2.25 bits per heavy atom. The molecular formula is C14H18O2. The highest BCUT2D eigenvalue weighted by Gasteiger charge is 2.08. The van der Waals surface area contributed by atoms with E-state index in [4.69, 9.17) is 5.11 Å². The van der Waals surface area contributed by atoms with E-state index in [0.717, 1.165) is 6.42 Å². The van der Waals surface area contributed by atoms with Gasteiger partial charge in [-0.3, -0.25) is 4.79 Å². The van der Waals surface area contributed by atoms with Crippen LogP contribution in [0.25, 0.3) is 6.08 Å². The largest absolute Gasteiger partial charge is 0.481 e. The average molecular weight is 218 g/mol. The maximum atomic E-state index is 10.6. The second-order valence-electron chi connectivity index (χ2n) is 4.13. The first-order valence-electron chi connectivity index (χ1n) is 5.55. The first kappa shape index (κ1) is 12.5. The Bertz CT molecular complexity index is 380. The summed E-state index contributed by atoms with van der Waals surface area (Å²) in [5.41, 5.74) is 2.41. The Kier molecular flexibility index (Phi) is 4.77. The number of allylic oxidation sites excluding steroid dienone is 1. The van der Waals surface area contributed by atoms with Crippen LogP contribution in [-0.4, -0.2) is 11.1 Å². The highest BCUT2D eigenvalue weighted by Crippen LogP contribution is 2.09. The molecule has 1 N–H and O–H groups in total. The molecule has 0 aromatic heterocycles. The fraction of sp³-hybridized carbons (Fsp3) is 0.357. The van der Waals surface area contributed by atoms with Crippen LogP contribution in [0.3, 0.4) is 0 Å². The van der Waals surface area contributed by atoms with E-state index in [9.17, 15) is 4.79 Å². The van der Waals surface area contributed by atoms with Crippen molar-refractivity contribution in [2.24, 2.45) is 5.92 Å². The number of aliphatic carboxylic acids is 1. The van der Waals surface area contributed by atoms with Crippen molar-refractivity contribution in [3.63, 3.8) is 0 Å². The SMILES string of the molecule is Cc1cccc(/C=C/CCC(C)C(=O)O)c1. The first-order chi connectivity index (χ1) is 7.59. The maximum Gasteiger partial charge on any atom is 0.306 e. The minimum Gasteiger partial charge on any atom is -0.481 e. The predicted octanol–water partition coefficient (Wildman–Crippen LogP) is 3.51. The van der Waals surface area contributed by atoms with Gasteiger partial charge in [-0.25, -0.2) is 0 Å². The molecule has 0 saturated heterocycles. The van der Waals surface area contributed by atoms with Crippen LogP contribution in [0.2, 0.25) is 0 Å². The van der Waals surface area contributed by atoms with Crippen molar-refractivity contribution < 1.29 is 9.90 Å². The van der Waals surface area contributed by atoms with Gasteiger partial charge in [0.15, 0.2) is 0 Å². The van der Waals surface area contributed by atoms with Crippen molar-refractivity contribution in [3.8, 4) is 0 Å². The minimum atomic E-state index is -0.719. The van der Waals surface area contributed by atoms with E-state index in [2.05, 4.69) is 19.1 Å². The van der Waals surface area contributed by atoms with Gasteiger partial charge < -0.3 is 5.11 Å². The highest BCUT2D eigenvalue weighted by atomic mass is 16.4. The lowest BCUT2D eigenvalue weighted by Crippen LogP contribution is -2.08. The van der Waals surface area contributed by atoms with Crippen molar-refractivity contribution in [1.29, 1.82) is 0 Å². The molecule has 0 fully saturated rings. The van der Waals surface area contributed by atoms with Gasteiger partial charge in [0.1, 0.15) is 0 Å². The molecular weight excluding hydrogens is 200 g/mol. The number of hydrogen-bond donors (Lipinski definition) is 1. The van der Waals surface area contributed by atoms with Crippen LogP contribution >= 0.6 is 0 Å². The number of carboxylic acids is 1. The minimum absolute atomic E-state index is 0.262. The van der Waals surface area contributed by atoms with Crippen LogP contribution in [0.4, 0.5) is 0 Å². The lowest BCUT2D eigenvalue weighted by atomic mass is 10.1. The van der Waals surface area contributed by atoms with Crippen molar-refractivity contribution in [3.05, 3.63) is 41.5 Å². The quantitative estimate of drug-likeness (QED) is 0.821. The van der Waals surface area contributed by atoms with Crippen LogP contribution in [0.1, 0.15) is 30.9 Å². The van der Waals surface area contributed by atoms with E-state index in [-0.39, 0.29) is 5.92 Å². The summed E-state index contributed by atoms with van der Waals surface area (Å²) in [6.07, 6.45) is 5.58. The van der Waals surface area contributed by atoms with Crippen molar-refractivity contribution in [2.45, 2.75) is 26.7 Å². The summed E-state index contributed by atoms with van der Waals surface area (Å²) >= 11 is 0. The molecule has 0 heterocycles. The molecule has 0 spiro atoms. The smallest absolute Gasteiger partial charge is 0.306 e. The molecule has 0 aliphatic carbocycles. The number of benzene rings is 1. The van der Waals surface area contributed by atoms with E-state index < -0.39 is 5.97 Å². The molecule has 0 saturated carbocycles. The van der Waals surface area contributed by atoms with Gasteiger partial charge in [-0.1, -0.05) is 48.9 Å². The van der Waals surface area contributed by atoms with Crippen molar-refractivity contribution in [2.75, 3.05) is 0 Å². The topological polar surface area (TPSA) is 37.3 Å². The molecule has 0 radical (unpaired) electrons. The van der Waals surface area contributed by atoms with Crippen molar-refractivity contribution in [1.82, 2.24) is 0 Å². The first-order valence-corrected chi connectivity index (χ1v) is 5.55. The summed E-state index contributed by atoms with van der Waals surface area (Å²) in [5.74, 6) is -0.980. The zero-order valence-corrected chi connectivity index (χ0v) is 9.81. The van der Waals surface area contributed by atoms with Crippen LogP contribution in [0, 0.1) is 12.8 Å². The van der Waals surface area contributed by atoms with E-state index in [0.29, 0.717) is 6.42 Å². The fourth-order valence-electron chi connectivity index (χ4n) is 1.46. The third kappa shape index (κ3) is 4.30. The summed E-state index contributed by atoms with van der Waals surface area (Å²) in [5, 5.41) is 8.71. The van der Waals surface area contributed by atoms with Crippen LogP contribution in [-0.2, 0) is 4.79 Å². The van der Waals surface area contributed by atoms with E-state index in [1.165, 1.54) is 11.1 Å². The summed E-state index contributed by atoms with van der Waals surface area (Å²) in [6, 6.07) is 8.24. The highest BCUT2D eigenvalue weighted by molar-refractivity contribution is 5.69. The van der Waals surface area contributed by atoms with Gasteiger partial charge in [-0.2, -0.15) is 0 Å². The summed E-state index contributed by atoms with van der Waals surface area (Å²) in [4.78, 5) is 10.6. The van der Waals surface area contributed by atoms with E-state index >= 15 is 0 Å². The lowest BCUT2D eigenvalue weighted by molar-refractivity contribution is -0.141. The number of rotatable bonds is 5. The Balaban J connectivity index is 2.41. The number of hydrogen-bond acceptors (Lipinski definition) is 1. The molecule has 0 amide bonds. The molecule has 1 atom stereocenters. The molecule has 0 aliphatic rings. The van der Waals surface area contributed by atoms with Crippen LogP contribution in [0.5, 0.6) is 0 Å². The third-order valence-electron chi connectivity index (χ3n) is 2.54. The maximum absolute atomic E-state index is 10.6. The zero-order valence-electron chi connectivity index (χ0n) is 9.81. The Hall–Kier alpha value is -1.57. The molecule has 1 aromatic rings. The molecule has 86 valence electrons. The Morgan fingerprint density at radius 1 is 1.50 bits per heavy atom. The fourth-order valence-corrected chi connectivity index (χ4v) is 1.46. The van der Waals surface area contributed by atoms with Gasteiger partial charge in [-0.15, -0.1) is 0 Å². The van der Waals surface area contributed by atoms with Gasteiger partial charge in [0.25, 0.3) is 0 Å². The summed E-state index contributed by atoms with van der Waals surface area (Å²) in [7, 11) is 0. The monoisotopic (exact) mass is 218 g/mol. The van der Waals surface area contributed by atoms with Crippen LogP contribution < -0.4 is 0 Å². The van der Waals surface area contributed by atoms with E-state index in [1.807, 2.05) is 24.3 Å². The molecule has 0 aliphatic heterocycles.